The molecule has 0 fully saturated rings. The summed E-state index contributed by atoms with van der Waals surface area (Å²) in [6.07, 6.45) is 1.31. The first kappa shape index (κ1) is 10.7. The van der Waals surface area contributed by atoms with Crippen molar-refractivity contribution < 1.29 is 14.4 Å². The molecule has 0 bridgehead atoms. The Bertz CT molecular complexity index is 477. The van der Waals surface area contributed by atoms with Crippen LogP contribution in [0, 0.1) is 0 Å². The molecule has 0 spiro atoms. The minimum atomic E-state index is -0.521. The normalized spacial score (nSPS) is 17.2. The summed E-state index contributed by atoms with van der Waals surface area (Å²) in [6, 6.07) is 6.94. The number of oxime groups is 1. The first-order valence-electron chi connectivity index (χ1n) is 4.51. The second-order valence-electron chi connectivity index (χ2n) is 3.09. The molecule has 0 N–H and O–H groups in total. The molecule has 1 heterocycles. The number of carbonyl (C=O) groups excluding carboxylic acids is 1. The number of hydrogen-bond donors (Lipinski definition) is 0. The van der Waals surface area contributed by atoms with Gasteiger partial charge in [0.15, 0.2) is 0 Å². The summed E-state index contributed by atoms with van der Waals surface area (Å²) in [6.45, 7) is 0. The number of rotatable bonds is 2. The number of ether oxygens (including phenoxy) is 1. The Labute approximate surface area is 97.1 Å². The lowest BCUT2D eigenvalue weighted by Crippen LogP contribution is -2.07. The van der Waals surface area contributed by atoms with Crippen molar-refractivity contribution >= 4 is 23.3 Å². The number of nitrogens with zero attached hydrogens (tertiary/aromatic N) is 1. The summed E-state index contributed by atoms with van der Waals surface area (Å²) in [5, 5.41) is 4.31. The van der Waals surface area contributed by atoms with Crippen LogP contribution in [0.2, 0.25) is 5.02 Å². The topological polar surface area (TPSA) is 47.9 Å². The van der Waals surface area contributed by atoms with E-state index in [2.05, 4.69) is 9.99 Å². The van der Waals surface area contributed by atoms with Gasteiger partial charge in [-0.25, -0.2) is 4.79 Å². The van der Waals surface area contributed by atoms with Crippen LogP contribution in [0.25, 0.3) is 0 Å². The highest BCUT2D eigenvalue weighted by Gasteiger charge is 2.27. The minimum Gasteiger partial charge on any atom is -0.503 e. The molecule has 0 aliphatic carbocycles. The largest absolute Gasteiger partial charge is 0.503 e. The van der Waals surface area contributed by atoms with Gasteiger partial charge in [0.25, 0.3) is 0 Å². The lowest BCUT2D eigenvalue weighted by Gasteiger charge is -1.99. The predicted molar refractivity (Wildman–Crippen MR) is 59.2 cm³/mol. The lowest BCUT2D eigenvalue weighted by atomic mass is 10.0. The van der Waals surface area contributed by atoms with E-state index in [1.54, 1.807) is 24.3 Å². The van der Waals surface area contributed by atoms with E-state index >= 15 is 0 Å². The maximum atomic E-state index is 11.3. The molecule has 0 radical (unpaired) electrons. The smallest absolute Gasteiger partial charge is 0.371 e. The van der Waals surface area contributed by atoms with Crippen LogP contribution in [-0.2, 0) is 14.4 Å². The van der Waals surface area contributed by atoms with Crippen molar-refractivity contribution in [2.24, 2.45) is 5.16 Å². The van der Waals surface area contributed by atoms with E-state index in [0.29, 0.717) is 16.3 Å². The SMILES string of the molecule is CO/C=C1\C(=O)ON=C1c1ccc(Cl)cc1. The van der Waals surface area contributed by atoms with Gasteiger partial charge in [0.05, 0.1) is 13.4 Å². The Morgan fingerprint density at radius 1 is 1.38 bits per heavy atom. The molecule has 1 aliphatic heterocycles. The first-order chi connectivity index (χ1) is 7.72. The molecule has 2 rings (SSSR count). The van der Waals surface area contributed by atoms with E-state index in [0.717, 1.165) is 5.56 Å². The van der Waals surface area contributed by atoms with Crippen molar-refractivity contribution in [1.29, 1.82) is 0 Å². The van der Waals surface area contributed by atoms with Gasteiger partial charge in [0.1, 0.15) is 11.3 Å². The average molecular weight is 238 g/mol. The Hall–Kier alpha value is -1.81. The van der Waals surface area contributed by atoms with Crippen LogP contribution in [0.15, 0.2) is 41.3 Å². The van der Waals surface area contributed by atoms with Crippen LogP contribution in [0.1, 0.15) is 5.56 Å². The van der Waals surface area contributed by atoms with Gasteiger partial charge in [-0.2, -0.15) is 0 Å². The molecular formula is C11H8ClNO3. The average Bonchev–Trinajstić information content (AvgIpc) is 2.63. The quantitative estimate of drug-likeness (QED) is 0.450. The van der Waals surface area contributed by atoms with Gasteiger partial charge in [-0.1, -0.05) is 28.9 Å². The van der Waals surface area contributed by atoms with Crippen LogP contribution in [0.5, 0.6) is 0 Å². The number of methoxy groups -OCH3 is 1. The molecule has 0 saturated carbocycles. The molecule has 5 heteroatoms. The molecule has 1 aromatic rings. The molecule has 0 unspecified atom stereocenters. The second kappa shape index (κ2) is 4.37. The summed E-state index contributed by atoms with van der Waals surface area (Å²) in [4.78, 5) is 15.9. The Morgan fingerprint density at radius 3 is 2.69 bits per heavy atom. The Morgan fingerprint density at radius 2 is 2.06 bits per heavy atom. The Balaban J connectivity index is 2.38. The molecule has 82 valence electrons. The fraction of sp³-hybridized carbons (Fsp3) is 0.0909. The van der Waals surface area contributed by atoms with E-state index in [9.17, 15) is 4.79 Å². The van der Waals surface area contributed by atoms with E-state index in [1.807, 2.05) is 0 Å². The molecule has 0 atom stereocenters. The number of halogens is 1. The second-order valence-corrected chi connectivity index (χ2v) is 3.53. The summed E-state index contributed by atoms with van der Waals surface area (Å²) < 4.78 is 4.80. The summed E-state index contributed by atoms with van der Waals surface area (Å²) in [5.74, 6) is -0.521. The maximum absolute atomic E-state index is 11.3. The van der Waals surface area contributed by atoms with E-state index in [1.165, 1.54) is 13.4 Å². The van der Waals surface area contributed by atoms with Gasteiger partial charge in [0, 0.05) is 10.6 Å². The van der Waals surface area contributed by atoms with Gasteiger partial charge in [-0.05, 0) is 12.1 Å². The van der Waals surface area contributed by atoms with Crippen LogP contribution < -0.4 is 0 Å². The van der Waals surface area contributed by atoms with E-state index < -0.39 is 5.97 Å². The van der Waals surface area contributed by atoms with Crippen molar-refractivity contribution in [3.63, 3.8) is 0 Å². The standard InChI is InChI=1S/C11H8ClNO3/c1-15-6-9-10(13-16-11(9)14)7-2-4-8(12)5-3-7/h2-6H,1H3/b9-6-. The zero-order valence-corrected chi connectivity index (χ0v) is 9.19. The molecule has 0 saturated heterocycles. The van der Waals surface area contributed by atoms with Crippen molar-refractivity contribution in [2.75, 3.05) is 7.11 Å². The van der Waals surface area contributed by atoms with Gasteiger partial charge in [0.2, 0.25) is 0 Å². The number of carbonyl (C=O) groups is 1. The highest BCUT2D eigenvalue weighted by Crippen LogP contribution is 2.19. The number of benzene rings is 1. The molecule has 4 nitrogen and oxygen atoms in total. The summed E-state index contributed by atoms with van der Waals surface area (Å²) in [7, 11) is 1.46. The van der Waals surface area contributed by atoms with Crippen molar-refractivity contribution in [2.45, 2.75) is 0 Å². The fourth-order valence-corrected chi connectivity index (χ4v) is 1.45. The maximum Gasteiger partial charge on any atom is 0.371 e. The summed E-state index contributed by atoms with van der Waals surface area (Å²) in [5.41, 5.74) is 1.49. The van der Waals surface area contributed by atoms with E-state index in [4.69, 9.17) is 16.3 Å². The molecule has 16 heavy (non-hydrogen) atoms. The van der Waals surface area contributed by atoms with Gasteiger partial charge in [-0.3, -0.25) is 0 Å². The van der Waals surface area contributed by atoms with Crippen LogP contribution in [0.4, 0.5) is 0 Å². The highest BCUT2D eigenvalue weighted by molar-refractivity contribution is 6.31. The minimum absolute atomic E-state index is 0.296. The van der Waals surface area contributed by atoms with Crippen LogP contribution in [-0.4, -0.2) is 18.8 Å². The summed E-state index contributed by atoms with van der Waals surface area (Å²) >= 11 is 5.77. The zero-order valence-electron chi connectivity index (χ0n) is 8.44. The molecule has 1 aliphatic rings. The third-order valence-electron chi connectivity index (χ3n) is 2.05. The number of hydrogen-bond acceptors (Lipinski definition) is 4. The zero-order chi connectivity index (χ0) is 11.5. The third kappa shape index (κ3) is 1.92. The monoisotopic (exact) mass is 237 g/mol. The highest BCUT2D eigenvalue weighted by atomic mass is 35.5. The molecular weight excluding hydrogens is 230 g/mol. The lowest BCUT2D eigenvalue weighted by molar-refractivity contribution is -0.137. The molecule has 1 aromatic carbocycles. The molecule has 0 amide bonds. The van der Waals surface area contributed by atoms with Gasteiger partial charge < -0.3 is 9.57 Å². The van der Waals surface area contributed by atoms with Crippen molar-refractivity contribution in [3.8, 4) is 0 Å². The first-order valence-corrected chi connectivity index (χ1v) is 4.89. The molecule has 0 aromatic heterocycles. The Kier molecular flexibility index (Phi) is 2.92. The van der Waals surface area contributed by atoms with E-state index in [-0.39, 0.29) is 0 Å². The van der Waals surface area contributed by atoms with Crippen LogP contribution >= 0.6 is 11.6 Å². The van der Waals surface area contributed by atoms with Crippen molar-refractivity contribution in [3.05, 3.63) is 46.7 Å². The van der Waals surface area contributed by atoms with Crippen molar-refractivity contribution in [1.82, 2.24) is 0 Å². The van der Waals surface area contributed by atoms with Gasteiger partial charge in [-0.15, -0.1) is 0 Å². The van der Waals surface area contributed by atoms with Crippen LogP contribution in [0.3, 0.4) is 0 Å². The third-order valence-corrected chi connectivity index (χ3v) is 2.30. The van der Waals surface area contributed by atoms with Gasteiger partial charge >= 0.3 is 5.97 Å². The predicted octanol–water partition coefficient (Wildman–Crippen LogP) is 2.13. The fourth-order valence-electron chi connectivity index (χ4n) is 1.32.